The average Bonchev–Trinajstić information content (AvgIpc) is 2.78. The summed E-state index contributed by atoms with van der Waals surface area (Å²) in [6.45, 7) is 10.6. The Labute approximate surface area is 144 Å². The van der Waals surface area contributed by atoms with E-state index in [2.05, 4.69) is 43.1 Å². The average molecular weight is 357 g/mol. The molecule has 0 amide bonds. The van der Waals surface area contributed by atoms with Gasteiger partial charge in [0.2, 0.25) is 5.82 Å². The van der Waals surface area contributed by atoms with Crippen LogP contribution in [0.3, 0.4) is 0 Å². The molecule has 0 saturated carbocycles. The summed E-state index contributed by atoms with van der Waals surface area (Å²) in [6.07, 6.45) is -4.49. The number of benzene rings is 1. The van der Waals surface area contributed by atoms with Crippen LogP contribution < -0.4 is 0 Å². The van der Waals surface area contributed by atoms with Crippen molar-refractivity contribution in [2.45, 2.75) is 57.1 Å². The molecule has 0 aliphatic heterocycles. The first kappa shape index (κ1) is 18.8. The van der Waals surface area contributed by atoms with Crippen molar-refractivity contribution in [2.24, 2.45) is 7.05 Å². The maximum Gasteiger partial charge on any atom is 0.451 e. The number of alkyl halides is 3. The lowest BCUT2D eigenvalue weighted by Gasteiger charge is -2.22. The molecule has 7 heteroatoms. The minimum absolute atomic E-state index is 0.0619. The Morgan fingerprint density at radius 3 is 2.00 bits per heavy atom. The molecule has 0 spiro atoms. The molecule has 0 fully saturated rings. The minimum Gasteiger partial charge on any atom is -0.302 e. The maximum atomic E-state index is 12.8. The van der Waals surface area contributed by atoms with E-state index in [1.54, 1.807) is 0 Å². The third-order valence-corrected chi connectivity index (χ3v) is 5.04. The lowest BCUT2D eigenvalue weighted by Crippen LogP contribution is -2.13. The highest BCUT2D eigenvalue weighted by Crippen LogP contribution is 2.33. The molecule has 0 aliphatic rings. The number of rotatable bonds is 3. The van der Waals surface area contributed by atoms with Crippen LogP contribution in [0.5, 0.6) is 0 Å². The van der Waals surface area contributed by atoms with E-state index < -0.39 is 12.0 Å². The Kier molecular flexibility index (Phi) is 5.04. The zero-order valence-corrected chi connectivity index (χ0v) is 15.6. The summed E-state index contributed by atoms with van der Waals surface area (Å²) in [6, 6.07) is 4.31. The first-order valence-electron chi connectivity index (χ1n) is 7.61. The fourth-order valence-electron chi connectivity index (χ4n) is 2.48. The largest absolute Gasteiger partial charge is 0.451 e. The molecule has 1 aromatic carbocycles. The van der Waals surface area contributed by atoms with E-state index in [1.165, 1.54) is 24.4 Å². The predicted octanol–water partition coefficient (Wildman–Crippen LogP) is 5.04. The van der Waals surface area contributed by atoms with Crippen molar-refractivity contribution in [3.8, 4) is 0 Å². The highest BCUT2D eigenvalue weighted by molar-refractivity contribution is 7.98. The van der Waals surface area contributed by atoms with Crippen molar-refractivity contribution in [3.05, 3.63) is 40.2 Å². The normalized spacial score (nSPS) is 12.7. The molecule has 0 radical (unpaired) electrons. The first-order valence-corrected chi connectivity index (χ1v) is 8.60. The van der Waals surface area contributed by atoms with Gasteiger partial charge in [-0.3, -0.25) is 0 Å². The third-order valence-electron chi connectivity index (χ3n) is 4.00. The standard InChI is InChI=1S/C17H22F3N3S/c1-10-7-12(16(3,4)5)8-11(2)13(10)9-24-15-22-21-14(23(15)6)17(18,19)20/h7-8H,9H2,1-6H3. The van der Waals surface area contributed by atoms with Crippen molar-refractivity contribution in [2.75, 3.05) is 0 Å². The van der Waals surface area contributed by atoms with Crippen molar-refractivity contribution in [1.29, 1.82) is 0 Å². The van der Waals surface area contributed by atoms with Crippen LogP contribution >= 0.6 is 11.8 Å². The van der Waals surface area contributed by atoms with Gasteiger partial charge in [0.05, 0.1) is 0 Å². The van der Waals surface area contributed by atoms with E-state index in [0.29, 0.717) is 5.75 Å². The summed E-state index contributed by atoms with van der Waals surface area (Å²) in [5.74, 6) is -0.409. The molecular weight excluding hydrogens is 335 g/mol. The second-order valence-electron chi connectivity index (χ2n) is 6.99. The molecule has 3 nitrogen and oxygen atoms in total. The molecule has 0 N–H and O–H groups in total. The quantitative estimate of drug-likeness (QED) is 0.721. The zero-order chi connectivity index (χ0) is 18.3. The SMILES string of the molecule is Cc1cc(C(C)(C)C)cc(C)c1CSc1nnc(C(F)(F)F)n1C. The molecular formula is C17H22F3N3S. The Hall–Kier alpha value is -1.50. The second-order valence-corrected chi connectivity index (χ2v) is 7.93. The molecule has 0 unspecified atom stereocenters. The fourth-order valence-corrected chi connectivity index (χ4v) is 3.59. The lowest BCUT2D eigenvalue weighted by molar-refractivity contribution is -0.147. The van der Waals surface area contributed by atoms with Crippen LogP contribution in [0.1, 0.15) is 48.8 Å². The first-order chi connectivity index (χ1) is 10.9. The van der Waals surface area contributed by atoms with E-state index in [-0.39, 0.29) is 10.6 Å². The minimum atomic E-state index is -4.49. The molecule has 132 valence electrons. The number of hydrogen-bond acceptors (Lipinski definition) is 3. The van der Waals surface area contributed by atoms with Crippen LogP contribution in [0, 0.1) is 13.8 Å². The molecule has 0 saturated heterocycles. The summed E-state index contributed by atoms with van der Waals surface area (Å²) in [4.78, 5) is 0. The fraction of sp³-hybridized carbons (Fsp3) is 0.529. The van der Waals surface area contributed by atoms with Gasteiger partial charge in [-0.15, -0.1) is 10.2 Å². The van der Waals surface area contributed by atoms with Crippen molar-refractivity contribution in [3.63, 3.8) is 0 Å². The van der Waals surface area contributed by atoms with Gasteiger partial charge in [-0.05, 0) is 41.5 Å². The van der Waals surface area contributed by atoms with Crippen molar-refractivity contribution < 1.29 is 13.2 Å². The van der Waals surface area contributed by atoms with Crippen LogP contribution in [0.4, 0.5) is 13.2 Å². The van der Waals surface area contributed by atoms with Crippen LogP contribution in [0.15, 0.2) is 17.3 Å². The molecule has 2 aromatic rings. The zero-order valence-electron chi connectivity index (χ0n) is 14.7. The number of aromatic nitrogens is 3. The Bertz CT molecular complexity index is 720. The van der Waals surface area contributed by atoms with Crippen LogP contribution in [0.25, 0.3) is 0 Å². The molecule has 1 heterocycles. The van der Waals surface area contributed by atoms with Crippen LogP contribution in [-0.4, -0.2) is 14.8 Å². The smallest absolute Gasteiger partial charge is 0.302 e. The number of halogens is 3. The molecule has 0 atom stereocenters. The van der Waals surface area contributed by atoms with E-state index in [4.69, 9.17) is 0 Å². The molecule has 0 bridgehead atoms. The summed E-state index contributed by atoms with van der Waals surface area (Å²) in [5, 5.41) is 7.19. The summed E-state index contributed by atoms with van der Waals surface area (Å²) < 4.78 is 39.3. The highest BCUT2D eigenvalue weighted by Gasteiger charge is 2.37. The highest BCUT2D eigenvalue weighted by atomic mass is 32.2. The topological polar surface area (TPSA) is 30.7 Å². The molecule has 1 aromatic heterocycles. The maximum absolute atomic E-state index is 12.8. The summed E-state index contributed by atoms with van der Waals surface area (Å²) in [7, 11) is 1.34. The Balaban J connectivity index is 2.23. The van der Waals surface area contributed by atoms with Gasteiger partial charge in [0.25, 0.3) is 0 Å². The van der Waals surface area contributed by atoms with Gasteiger partial charge in [0.1, 0.15) is 0 Å². The van der Waals surface area contributed by atoms with Crippen LogP contribution in [0.2, 0.25) is 0 Å². The van der Waals surface area contributed by atoms with Crippen LogP contribution in [-0.2, 0) is 24.4 Å². The number of hydrogen-bond donors (Lipinski definition) is 0. The molecule has 0 aliphatic carbocycles. The molecule has 2 rings (SSSR count). The second kappa shape index (κ2) is 6.43. The van der Waals surface area contributed by atoms with Gasteiger partial charge in [0.15, 0.2) is 5.16 Å². The molecule has 24 heavy (non-hydrogen) atoms. The number of nitrogens with zero attached hydrogens (tertiary/aromatic N) is 3. The van der Waals surface area contributed by atoms with Gasteiger partial charge in [-0.25, -0.2) is 0 Å². The van der Waals surface area contributed by atoms with Gasteiger partial charge >= 0.3 is 6.18 Å². The lowest BCUT2D eigenvalue weighted by atomic mass is 9.84. The van der Waals surface area contributed by atoms with E-state index in [0.717, 1.165) is 21.3 Å². The summed E-state index contributed by atoms with van der Waals surface area (Å²) >= 11 is 1.27. The number of aryl methyl sites for hydroxylation is 2. The van der Waals surface area contributed by atoms with Gasteiger partial charge in [0, 0.05) is 12.8 Å². The third kappa shape index (κ3) is 3.94. The van der Waals surface area contributed by atoms with E-state index in [1.807, 2.05) is 13.8 Å². The van der Waals surface area contributed by atoms with Gasteiger partial charge in [-0.1, -0.05) is 44.7 Å². The van der Waals surface area contributed by atoms with Crippen molar-refractivity contribution in [1.82, 2.24) is 14.8 Å². The Morgan fingerprint density at radius 1 is 1.04 bits per heavy atom. The van der Waals surface area contributed by atoms with Crippen molar-refractivity contribution >= 4 is 11.8 Å². The monoisotopic (exact) mass is 357 g/mol. The van der Waals surface area contributed by atoms with E-state index >= 15 is 0 Å². The van der Waals surface area contributed by atoms with E-state index in [9.17, 15) is 13.2 Å². The van der Waals surface area contributed by atoms with Gasteiger partial charge < -0.3 is 4.57 Å². The van der Waals surface area contributed by atoms with Gasteiger partial charge in [-0.2, -0.15) is 13.2 Å². The number of thioether (sulfide) groups is 1. The predicted molar refractivity (Wildman–Crippen MR) is 90.2 cm³/mol. The Morgan fingerprint density at radius 2 is 1.58 bits per heavy atom. The summed E-state index contributed by atoms with van der Waals surface area (Å²) in [5.41, 5.74) is 4.73.